The number of hydrogen-bond donors (Lipinski definition) is 1. The maximum absolute atomic E-state index is 4.24. The predicted molar refractivity (Wildman–Crippen MR) is 82.7 cm³/mol. The maximum Gasteiger partial charge on any atom is 0.0522 e. The first kappa shape index (κ1) is 12.9. The van der Waals surface area contributed by atoms with Crippen molar-refractivity contribution >= 4 is 10.8 Å². The van der Waals surface area contributed by atoms with Gasteiger partial charge in [0.15, 0.2) is 0 Å². The fourth-order valence-corrected chi connectivity index (χ4v) is 2.62. The van der Waals surface area contributed by atoms with Gasteiger partial charge in [0.1, 0.15) is 0 Å². The molecule has 20 heavy (non-hydrogen) atoms. The molecular formula is C17H19N3. The minimum atomic E-state index is 0.309. The van der Waals surface area contributed by atoms with Gasteiger partial charge < -0.3 is 5.32 Å². The Labute approximate surface area is 119 Å². The van der Waals surface area contributed by atoms with E-state index in [4.69, 9.17) is 0 Å². The first-order chi connectivity index (χ1) is 9.76. The summed E-state index contributed by atoms with van der Waals surface area (Å²) in [5.74, 6) is 0. The lowest BCUT2D eigenvalue weighted by Crippen LogP contribution is -2.18. The molecule has 0 bridgehead atoms. The number of likely N-dealkylation sites (N-methyl/N-ethyl adjacent to an activating group) is 1. The summed E-state index contributed by atoms with van der Waals surface area (Å²) in [5.41, 5.74) is 2.56. The zero-order valence-electron chi connectivity index (χ0n) is 11.9. The van der Waals surface area contributed by atoms with Gasteiger partial charge in [-0.25, -0.2) is 0 Å². The Morgan fingerprint density at radius 3 is 2.65 bits per heavy atom. The molecule has 3 aromatic rings. The smallest absolute Gasteiger partial charge is 0.0522 e. The topological polar surface area (TPSA) is 29.9 Å². The molecule has 0 saturated carbocycles. The van der Waals surface area contributed by atoms with Crippen LogP contribution in [0, 0.1) is 0 Å². The molecule has 102 valence electrons. The highest BCUT2D eigenvalue weighted by molar-refractivity contribution is 5.83. The average Bonchev–Trinajstić information content (AvgIpc) is 2.89. The van der Waals surface area contributed by atoms with Crippen molar-refractivity contribution in [1.82, 2.24) is 15.1 Å². The van der Waals surface area contributed by atoms with E-state index in [0.29, 0.717) is 6.04 Å². The molecule has 0 amide bonds. The fraction of sp³-hybridized carbons (Fsp3) is 0.235. The number of benzene rings is 2. The monoisotopic (exact) mass is 265 g/mol. The van der Waals surface area contributed by atoms with Crippen LogP contribution in [0.3, 0.4) is 0 Å². The largest absolute Gasteiger partial charge is 0.313 e. The summed E-state index contributed by atoms with van der Waals surface area (Å²) >= 11 is 0. The second kappa shape index (κ2) is 5.47. The average molecular weight is 265 g/mol. The van der Waals surface area contributed by atoms with Gasteiger partial charge in [-0.05, 0) is 41.4 Å². The van der Waals surface area contributed by atoms with Crippen molar-refractivity contribution in [1.29, 1.82) is 0 Å². The summed E-state index contributed by atoms with van der Waals surface area (Å²) in [7, 11) is 3.96. The summed E-state index contributed by atoms with van der Waals surface area (Å²) in [4.78, 5) is 0. The van der Waals surface area contributed by atoms with Crippen LogP contribution in [0.25, 0.3) is 10.8 Å². The first-order valence-electron chi connectivity index (χ1n) is 6.90. The highest BCUT2D eigenvalue weighted by Gasteiger charge is 2.11. The van der Waals surface area contributed by atoms with Gasteiger partial charge >= 0.3 is 0 Å². The minimum Gasteiger partial charge on any atom is -0.313 e. The van der Waals surface area contributed by atoms with Gasteiger partial charge in [0.25, 0.3) is 0 Å². The van der Waals surface area contributed by atoms with Crippen molar-refractivity contribution in [3.05, 3.63) is 66.0 Å². The molecule has 0 aliphatic heterocycles. The summed E-state index contributed by atoms with van der Waals surface area (Å²) in [6, 6.07) is 15.5. The number of aromatic nitrogens is 2. The molecule has 0 fully saturated rings. The lowest BCUT2D eigenvalue weighted by molar-refractivity contribution is 0.592. The van der Waals surface area contributed by atoms with E-state index in [1.54, 1.807) is 0 Å². The Morgan fingerprint density at radius 2 is 1.95 bits per heavy atom. The molecule has 3 nitrogen and oxygen atoms in total. The van der Waals surface area contributed by atoms with Crippen LogP contribution in [0.5, 0.6) is 0 Å². The van der Waals surface area contributed by atoms with E-state index >= 15 is 0 Å². The van der Waals surface area contributed by atoms with E-state index in [-0.39, 0.29) is 0 Å². The predicted octanol–water partition coefficient (Wildman–Crippen LogP) is 3.08. The van der Waals surface area contributed by atoms with Crippen molar-refractivity contribution in [2.24, 2.45) is 7.05 Å². The molecular weight excluding hydrogens is 246 g/mol. The number of fused-ring (bicyclic) bond motifs is 1. The van der Waals surface area contributed by atoms with Gasteiger partial charge in [-0.3, -0.25) is 4.68 Å². The number of rotatable bonds is 4. The van der Waals surface area contributed by atoms with Gasteiger partial charge in [-0.2, -0.15) is 5.10 Å². The van der Waals surface area contributed by atoms with Crippen LogP contribution in [0.4, 0.5) is 0 Å². The van der Waals surface area contributed by atoms with E-state index in [2.05, 4.69) is 59.1 Å². The van der Waals surface area contributed by atoms with Gasteiger partial charge in [0.2, 0.25) is 0 Å². The van der Waals surface area contributed by atoms with E-state index in [1.165, 1.54) is 21.9 Å². The van der Waals surface area contributed by atoms with E-state index in [1.807, 2.05) is 25.0 Å². The van der Waals surface area contributed by atoms with Crippen LogP contribution >= 0.6 is 0 Å². The zero-order chi connectivity index (χ0) is 13.9. The summed E-state index contributed by atoms with van der Waals surface area (Å²) in [5, 5.41) is 10.2. The van der Waals surface area contributed by atoms with E-state index in [9.17, 15) is 0 Å². The second-order valence-electron chi connectivity index (χ2n) is 5.17. The van der Waals surface area contributed by atoms with Gasteiger partial charge in [-0.15, -0.1) is 0 Å². The molecule has 0 saturated heterocycles. The van der Waals surface area contributed by atoms with Crippen LogP contribution in [0.15, 0.2) is 54.9 Å². The molecule has 1 N–H and O–H groups in total. The van der Waals surface area contributed by atoms with Crippen LogP contribution in [0.2, 0.25) is 0 Å². The van der Waals surface area contributed by atoms with Gasteiger partial charge in [-0.1, -0.05) is 36.4 Å². The number of nitrogens with zero attached hydrogens (tertiary/aromatic N) is 2. The Kier molecular flexibility index (Phi) is 3.52. The lowest BCUT2D eigenvalue weighted by atomic mass is 9.98. The third-order valence-electron chi connectivity index (χ3n) is 3.72. The molecule has 1 unspecified atom stereocenters. The van der Waals surface area contributed by atoms with Crippen molar-refractivity contribution < 1.29 is 0 Å². The normalized spacial score (nSPS) is 12.7. The number of aryl methyl sites for hydroxylation is 1. The highest BCUT2D eigenvalue weighted by atomic mass is 15.2. The number of hydrogen-bond acceptors (Lipinski definition) is 2. The molecule has 3 rings (SSSR count). The third kappa shape index (κ3) is 2.58. The molecule has 0 radical (unpaired) electrons. The summed E-state index contributed by atoms with van der Waals surface area (Å²) in [6.45, 7) is 0. The third-order valence-corrected chi connectivity index (χ3v) is 3.72. The van der Waals surface area contributed by atoms with Gasteiger partial charge in [0.05, 0.1) is 6.20 Å². The molecule has 2 aromatic carbocycles. The minimum absolute atomic E-state index is 0.309. The first-order valence-corrected chi connectivity index (χ1v) is 6.90. The Morgan fingerprint density at radius 1 is 1.15 bits per heavy atom. The van der Waals surface area contributed by atoms with Crippen molar-refractivity contribution in [3.8, 4) is 0 Å². The molecule has 1 atom stereocenters. The molecule has 0 aliphatic carbocycles. The van der Waals surface area contributed by atoms with Crippen molar-refractivity contribution in [3.63, 3.8) is 0 Å². The maximum atomic E-state index is 4.24. The Balaban J connectivity index is 1.90. The molecule has 0 aliphatic rings. The highest BCUT2D eigenvalue weighted by Crippen LogP contribution is 2.22. The SMILES string of the molecule is CNC(Cc1cnn(C)c1)c1ccc2ccccc2c1. The molecule has 1 heterocycles. The molecule has 3 heteroatoms. The van der Waals surface area contributed by atoms with E-state index < -0.39 is 0 Å². The van der Waals surface area contributed by atoms with Crippen molar-refractivity contribution in [2.45, 2.75) is 12.5 Å². The van der Waals surface area contributed by atoms with Gasteiger partial charge in [0, 0.05) is 19.3 Å². The Bertz CT molecular complexity index is 715. The molecule has 0 spiro atoms. The Hall–Kier alpha value is -2.13. The van der Waals surface area contributed by atoms with E-state index in [0.717, 1.165) is 6.42 Å². The van der Waals surface area contributed by atoms with Crippen LogP contribution in [-0.2, 0) is 13.5 Å². The van der Waals surface area contributed by atoms with Crippen molar-refractivity contribution in [2.75, 3.05) is 7.05 Å². The second-order valence-corrected chi connectivity index (χ2v) is 5.17. The lowest BCUT2D eigenvalue weighted by Gasteiger charge is -2.16. The zero-order valence-corrected chi connectivity index (χ0v) is 11.9. The van der Waals surface area contributed by atoms with Crippen LogP contribution in [0.1, 0.15) is 17.2 Å². The quantitative estimate of drug-likeness (QED) is 0.785. The summed E-state index contributed by atoms with van der Waals surface area (Å²) < 4.78 is 1.85. The standard InChI is InChI=1S/C17H19N3/c1-18-17(9-13-11-19-20(2)12-13)16-8-7-14-5-3-4-6-15(14)10-16/h3-8,10-12,17-18H,9H2,1-2H3. The number of nitrogens with one attached hydrogen (secondary N) is 1. The molecule has 1 aromatic heterocycles. The summed E-state index contributed by atoms with van der Waals surface area (Å²) in [6.07, 6.45) is 4.96. The fourth-order valence-electron chi connectivity index (χ4n) is 2.62. The van der Waals surface area contributed by atoms with Crippen LogP contribution in [-0.4, -0.2) is 16.8 Å². The van der Waals surface area contributed by atoms with Crippen LogP contribution < -0.4 is 5.32 Å².